The quantitative estimate of drug-likeness (QED) is 0.497. The van der Waals surface area contributed by atoms with E-state index in [1.165, 1.54) is 0 Å². The minimum atomic E-state index is -0.0644. The van der Waals surface area contributed by atoms with E-state index in [1.807, 2.05) is 19.1 Å². The summed E-state index contributed by atoms with van der Waals surface area (Å²) in [7, 11) is 0. The number of rotatable bonds is 6. The Morgan fingerprint density at radius 2 is 1.97 bits per heavy atom. The molecule has 0 aliphatic heterocycles. The number of H-pyrrole nitrogens is 1. The molecule has 6 nitrogen and oxygen atoms in total. The van der Waals surface area contributed by atoms with E-state index in [4.69, 9.17) is 9.97 Å². The Balaban J connectivity index is 1.67. The van der Waals surface area contributed by atoms with Gasteiger partial charge in [-0.15, -0.1) is 0 Å². The number of fused-ring (bicyclic) bond motifs is 2. The second-order valence-electron chi connectivity index (χ2n) is 8.43. The molecular formula is C24H29N5O. The van der Waals surface area contributed by atoms with Crippen LogP contribution in [0.4, 0.5) is 0 Å². The Morgan fingerprint density at radius 3 is 2.70 bits per heavy atom. The summed E-state index contributed by atoms with van der Waals surface area (Å²) < 4.78 is 2.21. The van der Waals surface area contributed by atoms with Crippen molar-refractivity contribution in [3.8, 4) is 0 Å². The number of aryl methyl sites for hydroxylation is 3. The largest absolute Gasteiger partial charge is 0.351 e. The summed E-state index contributed by atoms with van der Waals surface area (Å²) in [4.78, 5) is 25.2. The van der Waals surface area contributed by atoms with E-state index in [0.29, 0.717) is 24.7 Å². The van der Waals surface area contributed by atoms with Crippen LogP contribution >= 0.6 is 0 Å². The van der Waals surface area contributed by atoms with E-state index in [9.17, 15) is 4.79 Å². The first kappa shape index (κ1) is 20.1. The van der Waals surface area contributed by atoms with Crippen molar-refractivity contribution in [3.05, 3.63) is 58.7 Å². The number of hydrogen-bond donors (Lipinski definition) is 2. The third-order valence-electron chi connectivity index (χ3n) is 5.36. The average Bonchev–Trinajstić information content (AvgIpc) is 3.27. The number of amides is 1. The summed E-state index contributed by atoms with van der Waals surface area (Å²) >= 11 is 0. The Morgan fingerprint density at radius 1 is 1.17 bits per heavy atom. The van der Waals surface area contributed by atoms with Gasteiger partial charge in [-0.2, -0.15) is 0 Å². The van der Waals surface area contributed by atoms with Gasteiger partial charge in [0.25, 0.3) is 5.91 Å². The SMILES string of the molecule is CCc1nc2c(C)cc(C)nc2n1Cc1ccc2[nH]c(C(=O)NCC(C)C)cc2c1. The summed E-state index contributed by atoms with van der Waals surface area (Å²) in [5.41, 5.74) is 6.79. The molecule has 0 bridgehead atoms. The number of benzene rings is 1. The third kappa shape index (κ3) is 3.82. The van der Waals surface area contributed by atoms with Crippen molar-refractivity contribution in [3.63, 3.8) is 0 Å². The van der Waals surface area contributed by atoms with E-state index >= 15 is 0 Å². The van der Waals surface area contributed by atoms with Crippen molar-refractivity contribution >= 4 is 28.0 Å². The van der Waals surface area contributed by atoms with Crippen molar-refractivity contribution in [2.75, 3.05) is 6.54 Å². The molecule has 156 valence electrons. The van der Waals surface area contributed by atoms with Gasteiger partial charge in [0.1, 0.15) is 17.0 Å². The van der Waals surface area contributed by atoms with Gasteiger partial charge in [0, 0.05) is 29.6 Å². The number of carbonyl (C=O) groups excluding carboxylic acids is 1. The van der Waals surface area contributed by atoms with Crippen LogP contribution in [0.15, 0.2) is 30.3 Å². The predicted molar refractivity (Wildman–Crippen MR) is 121 cm³/mol. The van der Waals surface area contributed by atoms with Gasteiger partial charge in [-0.1, -0.05) is 26.8 Å². The van der Waals surface area contributed by atoms with Crippen LogP contribution in [-0.4, -0.2) is 32.0 Å². The number of aromatic nitrogens is 4. The number of nitrogens with zero attached hydrogens (tertiary/aromatic N) is 3. The number of imidazole rings is 1. The topological polar surface area (TPSA) is 75.6 Å². The van der Waals surface area contributed by atoms with E-state index in [-0.39, 0.29) is 5.91 Å². The van der Waals surface area contributed by atoms with Crippen LogP contribution in [0.25, 0.3) is 22.1 Å². The number of aromatic amines is 1. The van der Waals surface area contributed by atoms with Crippen LogP contribution in [0.2, 0.25) is 0 Å². The second-order valence-corrected chi connectivity index (χ2v) is 8.43. The molecular weight excluding hydrogens is 374 g/mol. The predicted octanol–water partition coefficient (Wildman–Crippen LogP) is 4.53. The highest BCUT2D eigenvalue weighted by atomic mass is 16.1. The molecule has 0 fully saturated rings. The zero-order chi connectivity index (χ0) is 21.4. The molecule has 3 aromatic heterocycles. The number of hydrogen-bond acceptors (Lipinski definition) is 3. The number of carbonyl (C=O) groups is 1. The fourth-order valence-corrected chi connectivity index (χ4v) is 3.86. The van der Waals surface area contributed by atoms with E-state index < -0.39 is 0 Å². The van der Waals surface area contributed by atoms with Crippen LogP contribution < -0.4 is 5.32 Å². The third-order valence-corrected chi connectivity index (χ3v) is 5.36. The van der Waals surface area contributed by atoms with Crippen molar-refractivity contribution in [2.45, 2.75) is 47.6 Å². The Labute approximate surface area is 176 Å². The van der Waals surface area contributed by atoms with Gasteiger partial charge in [0.2, 0.25) is 0 Å². The summed E-state index contributed by atoms with van der Waals surface area (Å²) in [6.07, 6.45) is 0.849. The minimum absolute atomic E-state index is 0.0644. The van der Waals surface area contributed by atoms with E-state index in [1.54, 1.807) is 0 Å². The standard InChI is InChI=1S/C24H29N5O/c1-6-21-28-22-15(4)9-16(5)26-23(22)29(21)13-17-7-8-19-18(10-17)11-20(27-19)24(30)25-12-14(2)3/h7-11,14,27H,6,12-13H2,1-5H3,(H,25,30). The monoisotopic (exact) mass is 403 g/mol. The maximum atomic E-state index is 12.4. The molecule has 0 unspecified atom stereocenters. The van der Waals surface area contributed by atoms with Crippen LogP contribution in [0.1, 0.15) is 53.9 Å². The zero-order valence-corrected chi connectivity index (χ0v) is 18.3. The molecule has 0 aliphatic carbocycles. The molecule has 0 radical (unpaired) electrons. The van der Waals surface area contributed by atoms with Gasteiger partial charge in [0.05, 0.1) is 6.54 Å². The van der Waals surface area contributed by atoms with Gasteiger partial charge in [-0.3, -0.25) is 4.79 Å². The Hall–Kier alpha value is -3.15. The highest BCUT2D eigenvalue weighted by molar-refractivity contribution is 5.98. The van der Waals surface area contributed by atoms with Crippen LogP contribution in [0.5, 0.6) is 0 Å². The molecule has 4 aromatic rings. The highest BCUT2D eigenvalue weighted by Crippen LogP contribution is 2.23. The van der Waals surface area contributed by atoms with Crippen LogP contribution in [0, 0.1) is 19.8 Å². The molecule has 0 spiro atoms. The molecule has 30 heavy (non-hydrogen) atoms. The first-order valence-corrected chi connectivity index (χ1v) is 10.6. The second kappa shape index (κ2) is 7.94. The van der Waals surface area contributed by atoms with Gasteiger partial charge in [-0.25, -0.2) is 9.97 Å². The van der Waals surface area contributed by atoms with Crippen LogP contribution in [-0.2, 0) is 13.0 Å². The summed E-state index contributed by atoms with van der Waals surface area (Å²) in [5, 5.41) is 4.00. The molecule has 1 amide bonds. The average molecular weight is 404 g/mol. The lowest BCUT2D eigenvalue weighted by Crippen LogP contribution is -2.27. The van der Waals surface area contributed by atoms with Gasteiger partial charge < -0.3 is 14.9 Å². The number of pyridine rings is 1. The lowest BCUT2D eigenvalue weighted by atomic mass is 10.1. The normalized spacial score (nSPS) is 11.7. The fraction of sp³-hybridized carbons (Fsp3) is 0.375. The molecule has 1 aromatic carbocycles. The lowest BCUT2D eigenvalue weighted by Gasteiger charge is -2.09. The van der Waals surface area contributed by atoms with Crippen molar-refractivity contribution in [1.82, 2.24) is 24.8 Å². The smallest absolute Gasteiger partial charge is 0.267 e. The van der Waals surface area contributed by atoms with Crippen LogP contribution in [0.3, 0.4) is 0 Å². The molecule has 0 saturated heterocycles. The van der Waals surface area contributed by atoms with E-state index in [0.717, 1.165) is 51.1 Å². The Bertz CT molecular complexity index is 1230. The molecule has 2 N–H and O–H groups in total. The lowest BCUT2D eigenvalue weighted by molar-refractivity contribution is 0.0945. The summed E-state index contributed by atoms with van der Waals surface area (Å²) in [6.45, 7) is 11.8. The maximum absolute atomic E-state index is 12.4. The molecule has 4 rings (SSSR count). The van der Waals surface area contributed by atoms with Crippen molar-refractivity contribution in [2.24, 2.45) is 5.92 Å². The van der Waals surface area contributed by atoms with Gasteiger partial charge in [-0.05, 0) is 55.2 Å². The molecule has 0 saturated carbocycles. The molecule has 0 atom stereocenters. The van der Waals surface area contributed by atoms with Gasteiger partial charge >= 0.3 is 0 Å². The van der Waals surface area contributed by atoms with E-state index in [2.05, 4.69) is 60.8 Å². The number of nitrogens with one attached hydrogen (secondary N) is 2. The van der Waals surface area contributed by atoms with Crippen molar-refractivity contribution in [1.29, 1.82) is 0 Å². The molecule has 0 aliphatic rings. The molecule has 6 heteroatoms. The fourth-order valence-electron chi connectivity index (χ4n) is 3.86. The first-order chi connectivity index (χ1) is 14.4. The summed E-state index contributed by atoms with van der Waals surface area (Å²) in [5.74, 6) is 1.39. The van der Waals surface area contributed by atoms with Crippen molar-refractivity contribution < 1.29 is 4.79 Å². The highest BCUT2D eigenvalue weighted by Gasteiger charge is 2.15. The minimum Gasteiger partial charge on any atom is -0.351 e. The first-order valence-electron chi connectivity index (χ1n) is 10.6. The van der Waals surface area contributed by atoms with Gasteiger partial charge in [0.15, 0.2) is 5.65 Å². The maximum Gasteiger partial charge on any atom is 0.267 e. The molecule has 3 heterocycles. The Kier molecular flexibility index (Phi) is 5.33. The summed E-state index contributed by atoms with van der Waals surface area (Å²) in [6, 6.07) is 10.3. The zero-order valence-electron chi connectivity index (χ0n) is 18.3.